The highest BCUT2D eigenvalue weighted by atomic mass is 16.5. The Morgan fingerprint density at radius 2 is 2.00 bits per heavy atom. The number of aryl methyl sites for hydroxylation is 1. The first-order valence-electron chi connectivity index (χ1n) is 8.68. The number of nitrogens with zero attached hydrogens (tertiary/aromatic N) is 1. The van der Waals surface area contributed by atoms with Gasteiger partial charge in [-0.25, -0.2) is 0 Å². The van der Waals surface area contributed by atoms with E-state index < -0.39 is 5.92 Å². The van der Waals surface area contributed by atoms with Gasteiger partial charge in [0.1, 0.15) is 18.1 Å². The molecule has 1 aliphatic heterocycles. The van der Waals surface area contributed by atoms with Gasteiger partial charge in [-0.05, 0) is 25.1 Å². The number of hydrogen-bond donors (Lipinski definition) is 1. The molecule has 0 saturated heterocycles. The quantitative estimate of drug-likeness (QED) is 0.721. The van der Waals surface area contributed by atoms with E-state index in [9.17, 15) is 9.59 Å². The average Bonchev–Trinajstić information content (AvgIpc) is 2.66. The Bertz CT molecular complexity index is 1040. The van der Waals surface area contributed by atoms with Crippen LogP contribution in [-0.4, -0.2) is 15.9 Å². The molecule has 6 heteroatoms. The van der Waals surface area contributed by atoms with E-state index in [1.807, 2.05) is 42.5 Å². The Morgan fingerprint density at radius 3 is 2.81 bits per heavy atom. The van der Waals surface area contributed by atoms with Crippen molar-refractivity contribution in [2.75, 3.05) is 0 Å². The fourth-order valence-corrected chi connectivity index (χ4v) is 3.32. The number of aromatic nitrogens is 2. The molecule has 2 aromatic heterocycles. The number of nitrogens with one attached hydrogen (secondary N) is 1. The van der Waals surface area contributed by atoms with Crippen LogP contribution in [0.25, 0.3) is 0 Å². The second kappa shape index (κ2) is 7.07. The normalized spacial score (nSPS) is 15.7. The smallest absolute Gasteiger partial charge is 0.312 e. The van der Waals surface area contributed by atoms with Crippen molar-refractivity contribution in [1.82, 2.24) is 9.97 Å². The minimum absolute atomic E-state index is 0.0864. The van der Waals surface area contributed by atoms with Crippen molar-refractivity contribution in [1.29, 1.82) is 0 Å². The lowest BCUT2D eigenvalue weighted by Gasteiger charge is -2.25. The van der Waals surface area contributed by atoms with E-state index in [0.717, 1.165) is 11.3 Å². The van der Waals surface area contributed by atoms with Gasteiger partial charge in [0.15, 0.2) is 0 Å². The molecule has 0 amide bonds. The molecule has 0 aliphatic carbocycles. The number of pyridine rings is 2. The van der Waals surface area contributed by atoms with Crippen LogP contribution < -0.4 is 15.0 Å². The van der Waals surface area contributed by atoms with Gasteiger partial charge in [-0.2, -0.15) is 0 Å². The van der Waals surface area contributed by atoms with Crippen molar-refractivity contribution in [3.63, 3.8) is 0 Å². The number of H-pyrrole nitrogens is 1. The second-order valence-corrected chi connectivity index (χ2v) is 6.44. The summed E-state index contributed by atoms with van der Waals surface area (Å²) in [4.78, 5) is 31.8. The number of carbonyl (C=O) groups excluding carboxylic acids is 1. The number of carbonyl (C=O) groups is 1. The SMILES string of the molecule is Cc1cc2c(c(=O)[nH]1)[C@H](c1ccccc1OCc1ccccn1)CC(=O)O2. The number of rotatable bonds is 4. The zero-order valence-electron chi connectivity index (χ0n) is 14.8. The van der Waals surface area contributed by atoms with Gasteiger partial charge in [-0.1, -0.05) is 24.3 Å². The summed E-state index contributed by atoms with van der Waals surface area (Å²) in [5.41, 5.74) is 2.42. The van der Waals surface area contributed by atoms with Crippen LogP contribution in [0.2, 0.25) is 0 Å². The Balaban J connectivity index is 1.72. The second-order valence-electron chi connectivity index (χ2n) is 6.44. The lowest BCUT2D eigenvalue weighted by Crippen LogP contribution is -2.28. The maximum Gasteiger partial charge on any atom is 0.312 e. The van der Waals surface area contributed by atoms with E-state index in [2.05, 4.69) is 9.97 Å². The highest BCUT2D eigenvalue weighted by Gasteiger charge is 2.33. The molecule has 3 heterocycles. The molecular formula is C21H18N2O4. The number of fused-ring (bicyclic) bond motifs is 1. The number of para-hydroxylation sites is 1. The molecule has 0 unspecified atom stereocenters. The first-order valence-corrected chi connectivity index (χ1v) is 8.68. The molecule has 1 atom stereocenters. The summed E-state index contributed by atoms with van der Waals surface area (Å²) in [6.45, 7) is 2.05. The average molecular weight is 362 g/mol. The Morgan fingerprint density at radius 1 is 1.19 bits per heavy atom. The van der Waals surface area contributed by atoms with Crippen molar-refractivity contribution in [2.45, 2.75) is 25.9 Å². The number of aromatic amines is 1. The Kier molecular flexibility index (Phi) is 4.46. The predicted octanol–water partition coefficient (Wildman–Crippen LogP) is 3.10. The number of benzene rings is 1. The zero-order valence-corrected chi connectivity index (χ0v) is 14.8. The van der Waals surface area contributed by atoms with Gasteiger partial charge in [0, 0.05) is 29.4 Å². The molecule has 0 spiro atoms. The van der Waals surface area contributed by atoms with Crippen LogP contribution in [-0.2, 0) is 11.4 Å². The van der Waals surface area contributed by atoms with E-state index >= 15 is 0 Å². The van der Waals surface area contributed by atoms with Gasteiger partial charge in [0.2, 0.25) is 0 Å². The summed E-state index contributed by atoms with van der Waals surface area (Å²) in [6, 6.07) is 14.7. The van der Waals surface area contributed by atoms with Crippen LogP contribution in [0.5, 0.6) is 11.5 Å². The van der Waals surface area contributed by atoms with Crippen LogP contribution in [0.1, 0.15) is 34.9 Å². The molecule has 0 saturated carbocycles. The number of hydrogen-bond acceptors (Lipinski definition) is 5. The molecule has 0 radical (unpaired) electrons. The minimum atomic E-state index is -0.425. The van der Waals surface area contributed by atoms with Crippen molar-refractivity contribution < 1.29 is 14.3 Å². The van der Waals surface area contributed by atoms with Gasteiger partial charge in [-0.15, -0.1) is 0 Å². The topological polar surface area (TPSA) is 81.3 Å². The highest BCUT2D eigenvalue weighted by molar-refractivity contribution is 5.77. The molecule has 1 N–H and O–H groups in total. The molecule has 4 rings (SSSR count). The third-order valence-electron chi connectivity index (χ3n) is 4.51. The van der Waals surface area contributed by atoms with E-state index in [1.54, 1.807) is 19.2 Å². The molecule has 0 fully saturated rings. The van der Waals surface area contributed by atoms with Crippen molar-refractivity contribution in [3.05, 3.63) is 87.6 Å². The van der Waals surface area contributed by atoms with Crippen LogP contribution in [0.4, 0.5) is 0 Å². The van der Waals surface area contributed by atoms with E-state index in [1.165, 1.54) is 0 Å². The summed E-state index contributed by atoms with van der Waals surface area (Å²) in [5.74, 6) is 0.147. The first kappa shape index (κ1) is 17.0. The summed E-state index contributed by atoms with van der Waals surface area (Å²) in [7, 11) is 0. The molecular weight excluding hydrogens is 344 g/mol. The first-order chi connectivity index (χ1) is 13.1. The summed E-state index contributed by atoms with van der Waals surface area (Å²) in [6.07, 6.45) is 1.79. The lowest BCUT2D eigenvalue weighted by atomic mass is 9.86. The molecule has 0 bridgehead atoms. The largest absolute Gasteiger partial charge is 0.487 e. The van der Waals surface area contributed by atoms with E-state index in [4.69, 9.17) is 9.47 Å². The van der Waals surface area contributed by atoms with E-state index in [-0.39, 0.29) is 17.9 Å². The maximum absolute atomic E-state index is 12.6. The number of ether oxygens (including phenoxy) is 2. The Labute approximate surface area is 155 Å². The molecule has 3 aromatic rings. The fraction of sp³-hybridized carbons (Fsp3) is 0.190. The van der Waals surface area contributed by atoms with Gasteiger partial charge in [0.25, 0.3) is 5.56 Å². The van der Waals surface area contributed by atoms with Crippen molar-refractivity contribution >= 4 is 5.97 Å². The van der Waals surface area contributed by atoms with Gasteiger partial charge in [0.05, 0.1) is 17.7 Å². The van der Waals surface area contributed by atoms with Gasteiger partial charge in [-0.3, -0.25) is 14.6 Å². The summed E-state index contributed by atoms with van der Waals surface area (Å²) >= 11 is 0. The molecule has 1 aromatic carbocycles. The Hall–Kier alpha value is -3.41. The predicted molar refractivity (Wildman–Crippen MR) is 98.9 cm³/mol. The third kappa shape index (κ3) is 3.46. The molecule has 1 aliphatic rings. The summed E-state index contributed by atoms with van der Waals surface area (Å²) < 4.78 is 11.3. The van der Waals surface area contributed by atoms with Gasteiger partial charge >= 0.3 is 5.97 Å². The van der Waals surface area contributed by atoms with Crippen LogP contribution in [0, 0.1) is 6.92 Å². The lowest BCUT2D eigenvalue weighted by molar-refractivity contribution is -0.135. The van der Waals surface area contributed by atoms with Gasteiger partial charge < -0.3 is 14.5 Å². The molecule has 6 nitrogen and oxygen atoms in total. The summed E-state index contributed by atoms with van der Waals surface area (Å²) in [5, 5.41) is 0. The molecule has 136 valence electrons. The van der Waals surface area contributed by atoms with Crippen molar-refractivity contribution in [3.8, 4) is 11.5 Å². The van der Waals surface area contributed by atoms with Crippen LogP contribution in [0.3, 0.4) is 0 Å². The molecule has 27 heavy (non-hydrogen) atoms. The standard InChI is InChI=1S/C21H18N2O4/c1-13-10-18-20(21(25)23-13)16(11-19(24)27-18)15-7-2-3-8-17(15)26-12-14-6-4-5-9-22-14/h2-10,16H,11-12H2,1H3,(H,23,25)/t16-/m0/s1. The zero-order chi connectivity index (χ0) is 18.8. The van der Waals surface area contributed by atoms with Crippen molar-refractivity contribution in [2.24, 2.45) is 0 Å². The third-order valence-corrected chi connectivity index (χ3v) is 4.51. The van der Waals surface area contributed by atoms with E-state index in [0.29, 0.717) is 29.4 Å². The monoisotopic (exact) mass is 362 g/mol. The highest BCUT2D eigenvalue weighted by Crippen LogP contribution is 2.40. The minimum Gasteiger partial charge on any atom is -0.487 e. The fourth-order valence-electron chi connectivity index (χ4n) is 3.32. The van der Waals surface area contributed by atoms with Crippen LogP contribution >= 0.6 is 0 Å². The maximum atomic E-state index is 12.6. The number of esters is 1. The van der Waals surface area contributed by atoms with Crippen LogP contribution in [0.15, 0.2) is 59.5 Å².